The van der Waals surface area contributed by atoms with E-state index in [0.29, 0.717) is 17.8 Å². The van der Waals surface area contributed by atoms with Gasteiger partial charge >= 0.3 is 5.97 Å². The Morgan fingerprint density at radius 3 is 2.38 bits per heavy atom. The Morgan fingerprint density at radius 1 is 1.19 bits per heavy atom. The van der Waals surface area contributed by atoms with Crippen LogP contribution < -0.4 is 5.32 Å². The van der Waals surface area contributed by atoms with Gasteiger partial charge in [0.15, 0.2) is 0 Å². The monoisotopic (exact) mass is 295 g/mol. The Kier molecular flexibility index (Phi) is 5.28. The van der Waals surface area contributed by atoms with Crippen molar-refractivity contribution in [1.29, 1.82) is 0 Å². The van der Waals surface area contributed by atoms with Crippen molar-refractivity contribution < 1.29 is 14.7 Å². The minimum atomic E-state index is -0.747. The van der Waals surface area contributed by atoms with E-state index in [2.05, 4.69) is 19.2 Å². The SMILES string of the molecule is CC(C)CC1(CNC(=O)C2CCCC(C(=O)O)C2)CCC1. The van der Waals surface area contributed by atoms with Crippen molar-refractivity contribution in [2.24, 2.45) is 23.2 Å². The molecule has 0 bridgehead atoms. The molecule has 120 valence electrons. The Labute approximate surface area is 127 Å². The van der Waals surface area contributed by atoms with E-state index >= 15 is 0 Å². The van der Waals surface area contributed by atoms with Crippen molar-refractivity contribution in [1.82, 2.24) is 5.32 Å². The lowest BCUT2D eigenvalue weighted by molar-refractivity contribution is -0.144. The number of hydrogen-bond donors (Lipinski definition) is 2. The molecule has 2 atom stereocenters. The second-order valence-electron chi connectivity index (χ2n) is 7.57. The molecule has 2 aliphatic rings. The van der Waals surface area contributed by atoms with E-state index in [-0.39, 0.29) is 17.7 Å². The second-order valence-corrected chi connectivity index (χ2v) is 7.57. The average molecular weight is 295 g/mol. The standard InChI is InChI=1S/C17H29NO3/c1-12(2)10-17(7-4-8-17)11-18-15(19)13-5-3-6-14(9-13)16(20)21/h12-14H,3-11H2,1-2H3,(H,18,19)(H,20,21). The summed E-state index contributed by atoms with van der Waals surface area (Å²) in [6.45, 7) is 5.25. The van der Waals surface area contributed by atoms with Gasteiger partial charge in [0.1, 0.15) is 0 Å². The van der Waals surface area contributed by atoms with Gasteiger partial charge in [-0.25, -0.2) is 0 Å². The van der Waals surface area contributed by atoms with Crippen LogP contribution >= 0.6 is 0 Å². The number of rotatable bonds is 6. The average Bonchev–Trinajstić information content (AvgIpc) is 2.41. The molecule has 4 nitrogen and oxygen atoms in total. The first-order valence-corrected chi connectivity index (χ1v) is 8.42. The predicted molar refractivity (Wildman–Crippen MR) is 81.8 cm³/mol. The zero-order valence-electron chi connectivity index (χ0n) is 13.4. The van der Waals surface area contributed by atoms with Gasteiger partial charge in [0, 0.05) is 12.5 Å². The molecule has 21 heavy (non-hydrogen) atoms. The molecule has 0 aliphatic heterocycles. The summed E-state index contributed by atoms with van der Waals surface area (Å²) in [5, 5.41) is 12.2. The number of hydrogen-bond acceptors (Lipinski definition) is 2. The van der Waals surface area contributed by atoms with Crippen LogP contribution in [-0.2, 0) is 9.59 Å². The Bertz CT molecular complexity index is 387. The molecule has 0 spiro atoms. The highest BCUT2D eigenvalue weighted by atomic mass is 16.4. The zero-order valence-corrected chi connectivity index (χ0v) is 13.4. The highest BCUT2D eigenvalue weighted by molar-refractivity contribution is 5.80. The van der Waals surface area contributed by atoms with Crippen molar-refractivity contribution in [2.45, 2.75) is 65.2 Å². The molecule has 0 aromatic carbocycles. The Morgan fingerprint density at radius 2 is 1.86 bits per heavy atom. The van der Waals surface area contributed by atoms with Crippen LogP contribution in [0, 0.1) is 23.2 Å². The third-order valence-corrected chi connectivity index (χ3v) is 5.29. The third kappa shape index (κ3) is 4.21. The molecule has 2 saturated carbocycles. The minimum Gasteiger partial charge on any atom is -0.481 e. The van der Waals surface area contributed by atoms with Crippen molar-refractivity contribution in [3.63, 3.8) is 0 Å². The maximum absolute atomic E-state index is 12.3. The highest BCUT2D eigenvalue weighted by Crippen LogP contribution is 2.45. The van der Waals surface area contributed by atoms with Crippen molar-refractivity contribution >= 4 is 11.9 Å². The summed E-state index contributed by atoms with van der Waals surface area (Å²) < 4.78 is 0. The van der Waals surface area contributed by atoms with Gasteiger partial charge in [-0.1, -0.05) is 26.7 Å². The first-order valence-electron chi connectivity index (χ1n) is 8.42. The lowest BCUT2D eigenvalue weighted by Gasteiger charge is -2.43. The number of carbonyl (C=O) groups is 2. The zero-order chi connectivity index (χ0) is 15.5. The molecular formula is C17H29NO3. The summed E-state index contributed by atoms with van der Waals surface area (Å²) >= 11 is 0. The molecule has 2 rings (SSSR count). The summed E-state index contributed by atoms with van der Waals surface area (Å²) in [5.74, 6) is -0.439. The van der Waals surface area contributed by atoms with Crippen LogP contribution in [0.25, 0.3) is 0 Å². The molecule has 0 radical (unpaired) electrons. The number of amides is 1. The first-order chi connectivity index (χ1) is 9.92. The maximum Gasteiger partial charge on any atom is 0.306 e. The lowest BCUT2D eigenvalue weighted by atomic mass is 9.64. The summed E-state index contributed by atoms with van der Waals surface area (Å²) in [6, 6.07) is 0. The van der Waals surface area contributed by atoms with E-state index in [0.717, 1.165) is 25.8 Å². The third-order valence-electron chi connectivity index (χ3n) is 5.29. The predicted octanol–water partition coefficient (Wildman–Crippen LogP) is 3.21. The molecule has 0 saturated heterocycles. The fraction of sp³-hybridized carbons (Fsp3) is 0.882. The first kappa shape index (κ1) is 16.3. The molecule has 1 amide bonds. The molecule has 2 fully saturated rings. The number of carbonyl (C=O) groups excluding carboxylic acids is 1. The molecule has 2 aliphatic carbocycles. The van der Waals surface area contributed by atoms with Crippen LogP contribution in [0.3, 0.4) is 0 Å². The smallest absolute Gasteiger partial charge is 0.306 e. The van der Waals surface area contributed by atoms with Crippen LogP contribution in [0.15, 0.2) is 0 Å². The van der Waals surface area contributed by atoms with Gasteiger partial charge < -0.3 is 10.4 Å². The van der Waals surface area contributed by atoms with Crippen LogP contribution in [0.2, 0.25) is 0 Å². The fourth-order valence-electron chi connectivity index (χ4n) is 4.07. The normalized spacial score (nSPS) is 28.0. The van der Waals surface area contributed by atoms with Crippen molar-refractivity contribution in [3.8, 4) is 0 Å². The molecular weight excluding hydrogens is 266 g/mol. The van der Waals surface area contributed by atoms with E-state index in [1.807, 2.05) is 0 Å². The number of aliphatic carboxylic acids is 1. The van der Waals surface area contributed by atoms with Crippen molar-refractivity contribution in [2.75, 3.05) is 6.54 Å². The summed E-state index contributed by atoms with van der Waals surface area (Å²) in [4.78, 5) is 23.4. The minimum absolute atomic E-state index is 0.0796. The van der Waals surface area contributed by atoms with E-state index in [4.69, 9.17) is 5.11 Å². The Hall–Kier alpha value is -1.06. The van der Waals surface area contributed by atoms with Gasteiger partial charge in [-0.05, 0) is 49.9 Å². The van der Waals surface area contributed by atoms with Gasteiger partial charge in [0.25, 0.3) is 0 Å². The summed E-state index contributed by atoms with van der Waals surface area (Å²) in [5.41, 5.74) is 0.310. The summed E-state index contributed by atoms with van der Waals surface area (Å²) in [6.07, 6.45) is 7.80. The second kappa shape index (κ2) is 6.80. The fourth-order valence-corrected chi connectivity index (χ4v) is 4.07. The Balaban J connectivity index is 1.82. The quantitative estimate of drug-likeness (QED) is 0.790. The van der Waals surface area contributed by atoms with E-state index < -0.39 is 5.97 Å². The van der Waals surface area contributed by atoms with Crippen LogP contribution in [0.1, 0.15) is 65.2 Å². The lowest BCUT2D eigenvalue weighted by Crippen LogP contribution is -2.45. The van der Waals surface area contributed by atoms with Crippen LogP contribution in [0.5, 0.6) is 0 Å². The van der Waals surface area contributed by atoms with E-state index in [1.165, 1.54) is 25.7 Å². The van der Waals surface area contributed by atoms with Gasteiger partial charge in [-0.3, -0.25) is 9.59 Å². The number of carboxylic acids is 1. The van der Waals surface area contributed by atoms with Gasteiger partial charge in [0.05, 0.1) is 5.92 Å². The van der Waals surface area contributed by atoms with Crippen LogP contribution in [0.4, 0.5) is 0 Å². The molecule has 0 heterocycles. The topological polar surface area (TPSA) is 66.4 Å². The number of carboxylic acid groups (broad SMARTS) is 1. The molecule has 0 aromatic heterocycles. The van der Waals surface area contributed by atoms with E-state index in [9.17, 15) is 9.59 Å². The summed E-state index contributed by atoms with van der Waals surface area (Å²) in [7, 11) is 0. The largest absolute Gasteiger partial charge is 0.481 e. The van der Waals surface area contributed by atoms with Gasteiger partial charge in [0.2, 0.25) is 5.91 Å². The maximum atomic E-state index is 12.3. The molecule has 0 aromatic rings. The molecule has 4 heteroatoms. The van der Waals surface area contributed by atoms with Gasteiger partial charge in [-0.15, -0.1) is 0 Å². The molecule has 2 unspecified atom stereocenters. The molecule has 2 N–H and O–H groups in total. The number of nitrogens with one attached hydrogen (secondary N) is 1. The van der Waals surface area contributed by atoms with Crippen molar-refractivity contribution in [3.05, 3.63) is 0 Å². The van der Waals surface area contributed by atoms with Gasteiger partial charge in [-0.2, -0.15) is 0 Å². The van der Waals surface area contributed by atoms with E-state index in [1.54, 1.807) is 0 Å². The van der Waals surface area contributed by atoms with Crippen LogP contribution in [-0.4, -0.2) is 23.5 Å². The highest BCUT2D eigenvalue weighted by Gasteiger charge is 2.38.